The summed E-state index contributed by atoms with van der Waals surface area (Å²) in [4.78, 5) is 25.7. The predicted octanol–water partition coefficient (Wildman–Crippen LogP) is 5.38. The molecule has 2 aliphatic heterocycles. The van der Waals surface area contributed by atoms with Gasteiger partial charge in [0.2, 0.25) is 5.91 Å². The minimum absolute atomic E-state index is 0.128. The van der Waals surface area contributed by atoms with Crippen LogP contribution in [0.5, 0.6) is 0 Å². The van der Waals surface area contributed by atoms with E-state index in [9.17, 15) is 14.9 Å². The van der Waals surface area contributed by atoms with Crippen LogP contribution in [-0.2, 0) is 4.79 Å². The van der Waals surface area contributed by atoms with Crippen LogP contribution in [-0.4, -0.2) is 52.9 Å². The number of hydrogen-bond acceptors (Lipinski definition) is 6. The lowest BCUT2D eigenvalue weighted by atomic mass is 10.1. The van der Waals surface area contributed by atoms with Gasteiger partial charge in [0, 0.05) is 24.3 Å². The summed E-state index contributed by atoms with van der Waals surface area (Å²) in [5.74, 6) is 1.20. The molecule has 2 saturated heterocycles. The van der Waals surface area contributed by atoms with Crippen molar-refractivity contribution in [2.45, 2.75) is 67.6 Å². The first-order chi connectivity index (χ1) is 15.1. The highest BCUT2D eigenvalue weighted by Crippen LogP contribution is 2.50. The Morgan fingerprint density at radius 3 is 2.77 bits per heavy atom. The maximum absolute atomic E-state index is 12.1. The van der Waals surface area contributed by atoms with Crippen molar-refractivity contribution in [3.8, 4) is 0 Å². The third-order valence-corrected chi connectivity index (χ3v) is 9.14. The van der Waals surface area contributed by atoms with Crippen molar-refractivity contribution in [2.24, 2.45) is 0 Å². The fourth-order valence-electron chi connectivity index (χ4n) is 4.28. The van der Waals surface area contributed by atoms with Crippen molar-refractivity contribution < 1.29 is 9.72 Å². The maximum atomic E-state index is 12.1. The topological polar surface area (TPSA) is 75.5 Å². The largest absolute Gasteiger partial charge is 0.356 e. The van der Waals surface area contributed by atoms with E-state index in [4.69, 9.17) is 0 Å². The fraction of sp³-hybridized carbons (Fsp3) is 0.696. The van der Waals surface area contributed by atoms with Crippen LogP contribution < -0.4 is 5.32 Å². The van der Waals surface area contributed by atoms with Crippen molar-refractivity contribution in [3.05, 3.63) is 39.9 Å². The van der Waals surface area contributed by atoms with Crippen LogP contribution in [0.15, 0.2) is 24.3 Å². The highest BCUT2D eigenvalue weighted by molar-refractivity contribution is 8.17. The van der Waals surface area contributed by atoms with E-state index in [0.29, 0.717) is 11.7 Å². The molecule has 2 unspecified atom stereocenters. The van der Waals surface area contributed by atoms with E-state index in [-0.39, 0.29) is 21.1 Å². The van der Waals surface area contributed by atoms with E-state index in [0.717, 1.165) is 56.5 Å². The van der Waals surface area contributed by atoms with Crippen LogP contribution in [0.2, 0.25) is 0 Å². The lowest BCUT2D eigenvalue weighted by molar-refractivity contribution is -0.385. The molecule has 172 valence electrons. The molecule has 2 atom stereocenters. The van der Waals surface area contributed by atoms with Gasteiger partial charge in [-0.2, -0.15) is 0 Å². The molecule has 1 aromatic carbocycles. The second-order valence-corrected chi connectivity index (χ2v) is 11.3. The molecule has 2 heterocycles. The Morgan fingerprint density at radius 1 is 1.16 bits per heavy atom. The van der Waals surface area contributed by atoms with Gasteiger partial charge >= 0.3 is 0 Å². The third-order valence-electron chi connectivity index (χ3n) is 6.01. The monoisotopic (exact) mass is 465 g/mol. The Labute approximate surface area is 194 Å². The first-order valence-electron chi connectivity index (χ1n) is 11.6. The number of thioether (sulfide) groups is 2. The van der Waals surface area contributed by atoms with Gasteiger partial charge in [-0.3, -0.25) is 14.9 Å². The Balaban J connectivity index is 1.29. The van der Waals surface area contributed by atoms with Crippen molar-refractivity contribution in [1.29, 1.82) is 0 Å². The van der Waals surface area contributed by atoms with E-state index in [1.165, 1.54) is 32.4 Å². The second kappa shape index (κ2) is 13.3. The summed E-state index contributed by atoms with van der Waals surface area (Å²) in [5, 5.41) is 14.9. The molecule has 2 fully saturated rings. The van der Waals surface area contributed by atoms with Gasteiger partial charge in [0.25, 0.3) is 5.69 Å². The molecule has 0 saturated carbocycles. The molecule has 2 aliphatic rings. The average molecular weight is 466 g/mol. The van der Waals surface area contributed by atoms with E-state index in [1.54, 1.807) is 12.1 Å². The molecular formula is C23H35N3O3S2. The molecule has 1 aromatic rings. The van der Waals surface area contributed by atoms with Gasteiger partial charge in [0.15, 0.2) is 0 Å². The van der Waals surface area contributed by atoms with Gasteiger partial charge in [-0.25, -0.2) is 0 Å². The standard InChI is InChI=1S/C23H35N3O3S2/c27-22(24-14-8-17-25-15-6-1-7-16-25)12-5-2-9-19-13-18-30-23(31-19)20-10-3-4-11-21(20)26(28)29/h3-4,10-11,19,23H,1-2,5-9,12-18H2,(H,24,27). The first kappa shape index (κ1) is 24.4. The molecule has 1 amide bonds. The molecule has 0 radical (unpaired) electrons. The van der Waals surface area contributed by atoms with Gasteiger partial charge in [0.1, 0.15) is 0 Å². The van der Waals surface area contributed by atoms with E-state index < -0.39 is 0 Å². The number of nitrogens with one attached hydrogen (secondary N) is 1. The molecule has 8 heteroatoms. The zero-order valence-electron chi connectivity index (χ0n) is 18.3. The minimum atomic E-state index is -0.273. The number of hydrogen-bond donors (Lipinski definition) is 1. The lowest BCUT2D eigenvalue weighted by Gasteiger charge is -2.28. The fourth-order valence-corrected chi connectivity index (χ4v) is 7.77. The zero-order chi connectivity index (χ0) is 21.9. The number of nitro benzene ring substituents is 1. The Morgan fingerprint density at radius 2 is 1.97 bits per heavy atom. The van der Waals surface area contributed by atoms with Crippen LogP contribution in [0.25, 0.3) is 0 Å². The van der Waals surface area contributed by atoms with Crippen LogP contribution >= 0.6 is 23.5 Å². The normalized spacial score (nSPS) is 22.2. The minimum Gasteiger partial charge on any atom is -0.356 e. The van der Waals surface area contributed by atoms with Crippen LogP contribution in [0.3, 0.4) is 0 Å². The number of benzene rings is 1. The van der Waals surface area contributed by atoms with E-state index >= 15 is 0 Å². The van der Waals surface area contributed by atoms with E-state index in [1.807, 2.05) is 35.7 Å². The number of rotatable bonds is 11. The van der Waals surface area contributed by atoms with Crippen molar-refractivity contribution in [2.75, 3.05) is 31.9 Å². The van der Waals surface area contributed by atoms with Crippen molar-refractivity contribution in [1.82, 2.24) is 10.2 Å². The lowest BCUT2D eigenvalue weighted by Crippen LogP contribution is -2.33. The van der Waals surface area contributed by atoms with Gasteiger partial charge in [-0.1, -0.05) is 31.0 Å². The quantitative estimate of drug-likeness (QED) is 0.268. The summed E-state index contributed by atoms with van der Waals surface area (Å²) in [5.41, 5.74) is 1.06. The number of piperidine rings is 1. The zero-order valence-corrected chi connectivity index (χ0v) is 19.9. The third kappa shape index (κ3) is 8.31. The molecule has 0 bridgehead atoms. The first-order valence-corrected chi connectivity index (χ1v) is 13.6. The molecular weight excluding hydrogens is 430 g/mol. The number of nitro groups is 1. The SMILES string of the molecule is O=C(CCCCC1CCSC(c2ccccc2[N+](=O)[O-])S1)NCCCN1CCCCC1. The van der Waals surface area contributed by atoms with Crippen LogP contribution in [0.1, 0.15) is 67.9 Å². The summed E-state index contributed by atoms with van der Waals surface area (Å²) in [6, 6.07) is 7.11. The predicted molar refractivity (Wildman–Crippen MR) is 131 cm³/mol. The summed E-state index contributed by atoms with van der Waals surface area (Å²) < 4.78 is 0.128. The second-order valence-electron chi connectivity index (χ2n) is 8.42. The molecule has 0 aliphatic carbocycles. The summed E-state index contributed by atoms with van der Waals surface area (Å²) in [6.45, 7) is 4.30. The molecule has 6 nitrogen and oxygen atoms in total. The number of nitrogens with zero attached hydrogens (tertiary/aromatic N) is 2. The van der Waals surface area contributed by atoms with Gasteiger partial charge in [0.05, 0.1) is 15.1 Å². The Kier molecular flexibility index (Phi) is 10.5. The van der Waals surface area contributed by atoms with Gasteiger partial charge in [-0.05, 0) is 63.9 Å². The Hall–Kier alpha value is -1.25. The number of carbonyl (C=O) groups is 1. The van der Waals surface area contributed by atoms with Gasteiger partial charge < -0.3 is 10.2 Å². The Bertz CT molecular complexity index is 713. The number of carbonyl (C=O) groups excluding carboxylic acids is 1. The molecule has 31 heavy (non-hydrogen) atoms. The number of unbranched alkanes of at least 4 members (excludes halogenated alkanes) is 1. The number of amides is 1. The van der Waals surface area contributed by atoms with E-state index in [2.05, 4.69) is 10.2 Å². The van der Waals surface area contributed by atoms with Crippen molar-refractivity contribution >= 4 is 35.1 Å². The van der Waals surface area contributed by atoms with Crippen LogP contribution in [0.4, 0.5) is 5.69 Å². The van der Waals surface area contributed by atoms with Crippen LogP contribution in [0, 0.1) is 10.1 Å². The smallest absolute Gasteiger partial charge is 0.274 e. The number of para-hydroxylation sites is 1. The molecule has 3 rings (SSSR count). The van der Waals surface area contributed by atoms with Crippen molar-refractivity contribution in [3.63, 3.8) is 0 Å². The molecule has 0 spiro atoms. The summed E-state index contributed by atoms with van der Waals surface area (Å²) in [7, 11) is 0. The molecule has 1 N–H and O–H groups in total. The highest BCUT2D eigenvalue weighted by Gasteiger charge is 2.28. The summed E-state index contributed by atoms with van der Waals surface area (Å²) >= 11 is 3.67. The van der Waals surface area contributed by atoms with Gasteiger partial charge in [-0.15, -0.1) is 23.5 Å². The number of likely N-dealkylation sites (tertiary alicyclic amines) is 1. The highest BCUT2D eigenvalue weighted by atomic mass is 32.2. The molecule has 0 aromatic heterocycles. The average Bonchev–Trinajstić information content (AvgIpc) is 2.80. The summed E-state index contributed by atoms with van der Waals surface area (Å²) in [6.07, 6.45) is 9.78. The maximum Gasteiger partial charge on any atom is 0.274 e.